The van der Waals surface area contributed by atoms with E-state index in [-0.39, 0.29) is 6.29 Å². The summed E-state index contributed by atoms with van der Waals surface area (Å²) in [4.78, 5) is 31.8. The van der Waals surface area contributed by atoms with Crippen LogP contribution < -0.4 is 5.32 Å². The van der Waals surface area contributed by atoms with Crippen molar-refractivity contribution < 1.29 is 34.4 Å². The molecule has 0 rings (SSSR count). The maximum absolute atomic E-state index is 10.7. The quantitative estimate of drug-likeness (QED) is 0.291. The van der Waals surface area contributed by atoms with Crippen molar-refractivity contribution in [2.75, 3.05) is 6.61 Å². The first-order valence-electron chi connectivity index (χ1n) is 5.19. The lowest BCUT2D eigenvalue weighted by atomic mass is 10.0. The first-order valence-corrected chi connectivity index (χ1v) is 5.19. The monoisotopic (exact) mass is 263 g/mol. The van der Waals surface area contributed by atoms with Gasteiger partial charge in [-0.25, -0.2) is 0 Å². The lowest BCUT2D eigenvalue weighted by molar-refractivity contribution is -0.150. The van der Waals surface area contributed by atoms with E-state index in [1.54, 1.807) is 0 Å². The molecule has 0 fully saturated rings. The SMILES string of the molecule is CC(=O)N[C@H](C=O)[C@@H](O)[C@H](O)[C@H](O)COC(C)=O. The molecule has 104 valence electrons. The summed E-state index contributed by atoms with van der Waals surface area (Å²) >= 11 is 0. The van der Waals surface area contributed by atoms with Crippen molar-refractivity contribution >= 4 is 18.2 Å². The average molecular weight is 263 g/mol. The van der Waals surface area contributed by atoms with Crippen LogP contribution in [0.4, 0.5) is 0 Å². The van der Waals surface area contributed by atoms with E-state index >= 15 is 0 Å². The maximum atomic E-state index is 10.7. The smallest absolute Gasteiger partial charge is 0.302 e. The lowest BCUT2D eigenvalue weighted by Gasteiger charge is -2.26. The number of aldehydes is 1. The summed E-state index contributed by atoms with van der Waals surface area (Å²) in [6, 6.07) is -1.36. The highest BCUT2D eigenvalue weighted by Crippen LogP contribution is 2.05. The molecule has 0 heterocycles. The van der Waals surface area contributed by atoms with Crippen LogP contribution >= 0.6 is 0 Å². The van der Waals surface area contributed by atoms with Crippen LogP contribution in [-0.4, -0.2) is 64.4 Å². The molecule has 4 atom stereocenters. The predicted molar refractivity (Wildman–Crippen MR) is 58.3 cm³/mol. The van der Waals surface area contributed by atoms with Crippen molar-refractivity contribution in [3.8, 4) is 0 Å². The number of aliphatic hydroxyl groups excluding tert-OH is 3. The molecule has 0 aliphatic rings. The van der Waals surface area contributed by atoms with Crippen molar-refractivity contribution in [3.05, 3.63) is 0 Å². The minimum absolute atomic E-state index is 0.230. The third-order valence-corrected chi connectivity index (χ3v) is 2.09. The molecule has 8 heteroatoms. The summed E-state index contributed by atoms with van der Waals surface area (Å²) in [5.41, 5.74) is 0. The summed E-state index contributed by atoms with van der Waals surface area (Å²) in [6.07, 6.45) is -4.79. The molecule has 0 unspecified atom stereocenters. The molecule has 0 aliphatic carbocycles. The molecule has 0 bridgehead atoms. The van der Waals surface area contributed by atoms with Gasteiger partial charge in [0.2, 0.25) is 5.91 Å². The summed E-state index contributed by atoms with van der Waals surface area (Å²) in [5, 5.41) is 30.6. The van der Waals surface area contributed by atoms with Gasteiger partial charge in [0.15, 0.2) is 0 Å². The minimum atomic E-state index is -1.74. The van der Waals surface area contributed by atoms with Gasteiger partial charge in [-0.3, -0.25) is 9.59 Å². The normalized spacial score (nSPS) is 17.2. The Hall–Kier alpha value is -1.51. The van der Waals surface area contributed by atoms with E-state index in [0.717, 1.165) is 13.8 Å². The number of hydrogen-bond acceptors (Lipinski definition) is 7. The second kappa shape index (κ2) is 7.75. The number of aliphatic hydroxyl groups is 3. The number of rotatable bonds is 7. The molecule has 0 aromatic rings. The van der Waals surface area contributed by atoms with Gasteiger partial charge in [0.1, 0.15) is 37.2 Å². The van der Waals surface area contributed by atoms with Crippen molar-refractivity contribution in [1.82, 2.24) is 5.32 Å². The van der Waals surface area contributed by atoms with Crippen LogP contribution in [-0.2, 0) is 19.1 Å². The third kappa shape index (κ3) is 5.71. The number of carbonyl (C=O) groups is 3. The van der Waals surface area contributed by atoms with Gasteiger partial charge in [-0.05, 0) is 0 Å². The van der Waals surface area contributed by atoms with Gasteiger partial charge in [-0.2, -0.15) is 0 Å². The highest BCUT2D eigenvalue weighted by molar-refractivity contribution is 5.77. The standard InChI is InChI=1S/C10H17NO7/c1-5(13)11-7(3-12)9(16)10(17)8(15)4-18-6(2)14/h3,7-10,15-17H,4H2,1-2H3,(H,11,13)/t7-,8-,9-,10-/m1/s1. The summed E-state index contributed by atoms with van der Waals surface area (Å²) in [6.45, 7) is 1.71. The van der Waals surface area contributed by atoms with Gasteiger partial charge in [0.05, 0.1) is 0 Å². The molecule has 4 N–H and O–H groups in total. The first-order chi connectivity index (χ1) is 8.29. The third-order valence-electron chi connectivity index (χ3n) is 2.09. The van der Waals surface area contributed by atoms with Gasteiger partial charge in [-0.15, -0.1) is 0 Å². The molecular formula is C10H17NO7. The Kier molecular flexibility index (Phi) is 7.10. The van der Waals surface area contributed by atoms with E-state index in [4.69, 9.17) is 0 Å². The number of amides is 1. The topological polar surface area (TPSA) is 133 Å². The van der Waals surface area contributed by atoms with Crippen LogP contribution in [0.5, 0.6) is 0 Å². The predicted octanol–water partition coefficient (Wildman–Crippen LogP) is -2.66. The lowest BCUT2D eigenvalue weighted by Crippen LogP contribution is -2.53. The molecule has 0 aromatic carbocycles. The fourth-order valence-electron chi connectivity index (χ4n) is 1.18. The highest BCUT2D eigenvalue weighted by atomic mass is 16.5. The van der Waals surface area contributed by atoms with Gasteiger partial charge in [0, 0.05) is 13.8 Å². The highest BCUT2D eigenvalue weighted by Gasteiger charge is 2.32. The Morgan fingerprint density at radius 2 is 1.78 bits per heavy atom. The fourth-order valence-corrected chi connectivity index (χ4v) is 1.18. The molecule has 0 spiro atoms. The van der Waals surface area contributed by atoms with Crippen LogP contribution in [0.15, 0.2) is 0 Å². The molecule has 8 nitrogen and oxygen atoms in total. The van der Waals surface area contributed by atoms with Gasteiger partial charge in [0.25, 0.3) is 0 Å². The second-order valence-electron chi connectivity index (χ2n) is 3.71. The van der Waals surface area contributed by atoms with Crippen molar-refractivity contribution in [2.24, 2.45) is 0 Å². The van der Waals surface area contributed by atoms with E-state index in [0.29, 0.717) is 0 Å². The Labute approximate surface area is 104 Å². The van der Waals surface area contributed by atoms with Crippen LogP contribution in [0, 0.1) is 0 Å². The zero-order valence-corrected chi connectivity index (χ0v) is 10.1. The Bertz CT molecular complexity index is 307. The zero-order chi connectivity index (χ0) is 14.3. The van der Waals surface area contributed by atoms with E-state index in [2.05, 4.69) is 10.1 Å². The molecule has 0 saturated heterocycles. The number of esters is 1. The molecule has 1 amide bonds. The molecule has 18 heavy (non-hydrogen) atoms. The molecule has 0 aliphatic heterocycles. The maximum Gasteiger partial charge on any atom is 0.302 e. The van der Waals surface area contributed by atoms with Crippen LogP contribution in [0.1, 0.15) is 13.8 Å². The summed E-state index contributed by atoms with van der Waals surface area (Å²) < 4.78 is 4.43. The number of carbonyl (C=O) groups excluding carboxylic acids is 3. The van der Waals surface area contributed by atoms with Crippen molar-refractivity contribution in [2.45, 2.75) is 38.2 Å². The number of nitrogens with one attached hydrogen (secondary N) is 1. The Morgan fingerprint density at radius 3 is 2.17 bits per heavy atom. The first kappa shape index (κ1) is 16.5. The Morgan fingerprint density at radius 1 is 1.22 bits per heavy atom. The zero-order valence-electron chi connectivity index (χ0n) is 10.1. The van der Waals surface area contributed by atoms with Gasteiger partial charge >= 0.3 is 5.97 Å². The molecule has 0 saturated carbocycles. The average Bonchev–Trinajstić information content (AvgIpc) is 2.30. The minimum Gasteiger partial charge on any atom is -0.463 e. The van der Waals surface area contributed by atoms with E-state index in [1.807, 2.05) is 0 Å². The van der Waals surface area contributed by atoms with Crippen LogP contribution in [0.3, 0.4) is 0 Å². The largest absolute Gasteiger partial charge is 0.463 e. The van der Waals surface area contributed by atoms with Crippen molar-refractivity contribution in [1.29, 1.82) is 0 Å². The summed E-state index contributed by atoms with van der Waals surface area (Å²) in [7, 11) is 0. The van der Waals surface area contributed by atoms with Crippen LogP contribution in [0.2, 0.25) is 0 Å². The molecular weight excluding hydrogens is 246 g/mol. The second-order valence-corrected chi connectivity index (χ2v) is 3.71. The van der Waals surface area contributed by atoms with Crippen LogP contribution in [0.25, 0.3) is 0 Å². The summed E-state index contributed by atoms with van der Waals surface area (Å²) in [5.74, 6) is -1.24. The van der Waals surface area contributed by atoms with E-state index < -0.39 is 42.8 Å². The van der Waals surface area contributed by atoms with E-state index in [1.165, 1.54) is 0 Å². The van der Waals surface area contributed by atoms with Gasteiger partial charge in [-0.1, -0.05) is 0 Å². The van der Waals surface area contributed by atoms with Gasteiger partial charge < -0.3 is 30.2 Å². The Balaban J connectivity index is 4.44. The number of ether oxygens (including phenoxy) is 1. The number of hydrogen-bond donors (Lipinski definition) is 4. The van der Waals surface area contributed by atoms with E-state index in [9.17, 15) is 29.7 Å². The fraction of sp³-hybridized carbons (Fsp3) is 0.700. The molecule has 0 radical (unpaired) electrons. The molecule has 0 aromatic heterocycles. The van der Waals surface area contributed by atoms with Crippen molar-refractivity contribution in [3.63, 3.8) is 0 Å².